The lowest BCUT2D eigenvalue weighted by molar-refractivity contribution is -0.384. The minimum Gasteiger partial charge on any atom is -0.326 e. The van der Waals surface area contributed by atoms with Gasteiger partial charge in [0.1, 0.15) is 0 Å². The molecular formula is C15H13IN2O3. The van der Waals surface area contributed by atoms with Gasteiger partial charge in [0.15, 0.2) is 0 Å². The van der Waals surface area contributed by atoms with Gasteiger partial charge in [-0.25, -0.2) is 0 Å². The number of nitro groups is 1. The third kappa shape index (κ3) is 4.01. The Morgan fingerprint density at radius 1 is 1.24 bits per heavy atom. The second-order valence-corrected chi connectivity index (χ2v) is 5.82. The molecule has 0 aromatic heterocycles. The average Bonchev–Trinajstić information content (AvgIpc) is 2.49. The highest BCUT2D eigenvalue weighted by Gasteiger charge is 2.17. The molecule has 2 aromatic rings. The maximum Gasteiger partial charge on any atom is 0.269 e. The van der Waals surface area contributed by atoms with E-state index in [2.05, 4.69) is 27.9 Å². The van der Waals surface area contributed by atoms with Crippen molar-refractivity contribution in [1.82, 2.24) is 0 Å². The molecule has 2 aromatic carbocycles. The van der Waals surface area contributed by atoms with E-state index >= 15 is 0 Å². The van der Waals surface area contributed by atoms with Gasteiger partial charge in [-0.05, 0) is 59.3 Å². The molecule has 0 saturated heterocycles. The lowest BCUT2D eigenvalue weighted by Crippen LogP contribution is -2.18. The Morgan fingerprint density at radius 2 is 1.90 bits per heavy atom. The first-order valence-corrected chi connectivity index (χ1v) is 7.36. The summed E-state index contributed by atoms with van der Waals surface area (Å²) in [6.07, 6.45) is 0. The third-order valence-corrected chi connectivity index (χ3v) is 3.81. The van der Waals surface area contributed by atoms with Crippen LogP contribution in [0.25, 0.3) is 0 Å². The number of benzene rings is 2. The number of rotatable bonds is 4. The van der Waals surface area contributed by atoms with E-state index in [4.69, 9.17) is 0 Å². The fourth-order valence-corrected chi connectivity index (χ4v) is 2.20. The summed E-state index contributed by atoms with van der Waals surface area (Å²) in [7, 11) is 0. The number of carbonyl (C=O) groups excluding carboxylic acids is 1. The fourth-order valence-electron chi connectivity index (χ4n) is 1.84. The number of halogens is 1. The number of nitro benzene ring substituents is 1. The van der Waals surface area contributed by atoms with Gasteiger partial charge < -0.3 is 5.32 Å². The highest BCUT2D eigenvalue weighted by molar-refractivity contribution is 14.1. The molecule has 0 aliphatic carbocycles. The Hall–Kier alpha value is -1.96. The van der Waals surface area contributed by atoms with Crippen LogP contribution in [0.2, 0.25) is 0 Å². The summed E-state index contributed by atoms with van der Waals surface area (Å²) >= 11 is 2.19. The van der Waals surface area contributed by atoms with Gasteiger partial charge in [0, 0.05) is 21.4 Å². The van der Waals surface area contributed by atoms with E-state index in [0.717, 1.165) is 3.57 Å². The van der Waals surface area contributed by atoms with Crippen molar-refractivity contribution in [2.24, 2.45) is 0 Å². The molecular weight excluding hydrogens is 383 g/mol. The van der Waals surface area contributed by atoms with Crippen LogP contribution >= 0.6 is 22.6 Å². The maximum atomic E-state index is 12.2. The molecule has 1 unspecified atom stereocenters. The molecule has 5 nitrogen and oxygen atoms in total. The quantitative estimate of drug-likeness (QED) is 0.484. The first-order chi connectivity index (χ1) is 9.97. The van der Waals surface area contributed by atoms with E-state index in [1.807, 2.05) is 24.3 Å². The molecule has 0 aliphatic heterocycles. The minimum atomic E-state index is -0.468. The van der Waals surface area contributed by atoms with Gasteiger partial charge in [-0.3, -0.25) is 14.9 Å². The minimum absolute atomic E-state index is 0.0126. The molecule has 1 N–H and O–H groups in total. The van der Waals surface area contributed by atoms with E-state index in [0.29, 0.717) is 11.3 Å². The Balaban J connectivity index is 2.13. The summed E-state index contributed by atoms with van der Waals surface area (Å²) < 4.78 is 1.08. The maximum absolute atomic E-state index is 12.2. The topological polar surface area (TPSA) is 72.2 Å². The van der Waals surface area contributed by atoms with E-state index in [9.17, 15) is 14.9 Å². The van der Waals surface area contributed by atoms with Crippen LogP contribution in [-0.4, -0.2) is 10.8 Å². The smallest absolute Gasteiger partial charge is 0.269 e. The number of anilines is 1. The van der Waals surface area contributed by atoms with Gasteiger partial charge in [0.25, 0.3) is 5.69 Å². The van der Waals surface area contributed by atoms with Crippen LogP contribution in [0.3, 0.4) is 0 Å². The van der Waals surface area contributed by atoms with E-state index in [-0.39, 0.29) is 11.6 Å². The van der Waals surface area contributed by atoms with Crippen molar-refractivity contribution in [3.63, 3.8) is 0 Å². The van der Waals surface area contributed by atoms with Gasteiger partial charge in [-0.2, -0.15) is 0 Å². The predicted molar refractivity (Wildman–Crippen MR) is 89.3 cm³/mol. The Bertz CT molecular complexity index is 671. The SMILES string of the molecule is CC(C(=O)Nc1ccc(I)cc1)c1cccc([N+](=O)[O-])c1. The van der Waals surface area contributed by atoms with Crippen LogP contribution in [0.5, 0.6) is 0 Å². The number of amides is 1. The van der Waals surface area contributed by atoms with E-state index < -0.39 is 10.8 Å². The molecule has 6 heteroatoms. The number of hydrogen-bond acceptors (Lipinski definition) is 3. The first kappa shape index (κ1) is 15.4. The van der Waals surface area contributed by atoms with Crippen molar-refractivity contribution < 1.29 is 9.72 Å². The molecule has 0 saturated carbocycles. The van der Waals surface area contributed by atoms with Gasteiger partial charge >= 0.3 is 0 Å². The van der Waals surface area contributed by atoms with Crippen molar-refractivity contribution >= 4 is 39.9 Å². The number of nitrogens with one attached hydrogen (secondary N) is 1. The van der Waals surface area contributed by atoms with Gasteiger partial charge in [0.2, 0.25) is 5.91 Å². The third-order valence-electron chi connectivity index (χ3n) is 3.09. The van der Waals surface area contributed by atoms with Crippen LogP contribution < -0.4 is 5.32 Å². The summed E-state index contributed by atoms with van der Waals surface area (Å²) in [6, 6.07) is 13.6. The molecule has 21 heavy (non-hydrogen) atoms. The summed E-state index contributed by atoms with van der Waals surface area (Å²) in [6.45, 7) is 1.72. The zero-order valence-electron chi connectivity index (χ0n) is 11.2. The standard InChI is InChI=1S/C15H13IN2O3/c1-10(11-3-2-4-14(9-11)18(20)21)15(19)17-13-7-5-12(16)6-8-13/h2-10H,1H3,(H,17,19). The number of carbonyl (C=O) groups is 1. The average molecular weight is 396 g/mol. The molecule has 0 radical (unpaired) electrons. The second-order valence-electron chi connectivity index (χ2n) is 4.57. The highest BCUT2D eigenvalue weighted by atomic mass is 127. The zero-order valence-corrected chi connectivity index (χ0v) is 13.4. The largest absolute Gasteiger partial charge is 0.326 e. The molecule has 1 amide bonds. The fraction of sp³-hybridized carbons (Fsp3) is 0.133. The van der Waals surface area contributed by atoms with Crippen molar-refractivity contribution in [2.75, 3.05) is 5.32 Å². The van der Waals surface area contributed by atoms with Crippen LogP contribution in [-0.2, 0) is 4.79 Å². The Morgan fingerprint density at radius 3 is 2.52 bits per heavy atom. The lowest BCUT2D eigenvalue weighted by Gasteiger charge is -2.12. The van der Waals surface area contributed by atoms with Crippen molar-refractivity contribution in [3.8, 4) is 0 Å². The second kappa shape index (κ2) is 6.66. The van der Waals surface area contributed by atoms with Crippen molar-refractivity contribution in [1.29, 1.82) is 0 Å². The molecule has 0 aliphatic rings. The molecule has 0 fully saturated rings. The van der Waals surface area contributed by atoms with Crippen molar-refractivity contribution in [2.45, 2.75) is 12.8 Å². The van der Waals surface area contributed by atoms with Gasteiger partial charge in [0.05, 0.1) is 10.8 Å². The van der Waals surface area contributed by atoms with Crippen LogP contribution in [0.15, 0.2) is 48.5 Å². The Kier molecular flexibility index (Phi) is 4.89. The van der Waals surface area contributed by atoms with Crippen LogP contribution in [0.1, 0.15) is 18.4 Å². The number of non-ortho nitro benzene ring substituents is 1. The highest BCUT2D eigenvalue weighted by Crippen LogP contribution is 2.22. The lowest BCUT2D eigenvalue weighted by atomic mass is 10.00. The molecule has 0 heterocycles. The summed E-state index contributed by atoms with van der Waals surface area (Å²) in [5.41, 5.74) is 1.31. The molecule has 2 rings (SSSR count). The number of nitrogens with zero attached hydrogens (tertiary/aromatic N) is 1. The molecule has 1 atom stereocenters. The summed E-state index contributed by atoms with van der Waals surface area (Å²) in [5, 5.41) is 13.6. The van der Waals surface area contributed by atoms with E-state index in [1.165, 1.54) is 12.1 Å². The van der Waals surface area contributed by atoms with Gasteiger partial charge in [-0.1, -0.05) is 12.1 Å². The van der Waals surface area contributed by atoms with Gasteiger partial charge in [-0.15, -0.1) is 0 Å². The van der Waals surface area contributed by atoms with Crippen LogP contribution in [0, 0.1) is 13.7 Å². The Labute approximate surface area is 135 Å². The normalized spacial score (nSPS) is 11.7. The predicted octanol–water partition coefficient (Wildman–Crippen LogP) is 3.94. The zero-order chi connectivity index (χ0) is 15.4. The monoisotopic (exact) mass is 396 g/mol. The molecule has 108 valence electrons. The van der Waals surface area contributed by atoms with Crippen molar-refractivity contribution in [3.05, 3.63) is 67.8 Å². The molecule has 0 bridgehead atoms. The van der Waals surface area contributed by atoms with Crippen LogP contribution in [0.4, 0.5) is 11.4 Å². The number of hydrogen-bond donors (Lipinski definition) is 1. The first-order valence-electron chi connectivity index (χ1n) is 6.28. The summed E-state index contributed by atoms with van der Waals surface area (Å²) in [5.74, 6) is -0.666. The molecule has 0 spiro atoms. The summed E-state index contributed by atoms with van der Waals surface area (Å²) in [4.78, 5) is 22.5. The van der Waals surface area contributed by atoms with E-state index in [1.54, 1.807) is 19.1 Å².